The average molecular weight is 314 g/mol. The molecule has 3 heteroatoms. The summed E-state index contributed by atoms with van der Waals surface area (Å²) in [6, 6.07) is 4.67. The second-order valence-electron chi connectivity index (χ2n) is 5.68. The second-order valence-corrected chi connectivity index (χ2v) is 8.14. The minimum atomic E-state index is -0.692. The van der Waals surface area contributed by atoms with Gasteiger partial charge in [-0.25, -0.2) is 8.78 Å². The van der Waals surface area contributed by atoms with E-state index in [0.29, 0.717) is 5.30 Å². The van der Waals surface area contributed by atoms with Crippen LogP contribution >= 0.6 is 7.92 Å². The first-order chi connectivity index (χ1) is 10.2. The first-order valence-electron chi connectivity index (χ1n) is 8.39. The van der Waals surface area contributed by atoms with Gasteiger partial charge in [-0.15, -0.1) is 0 Å². The van der Waals surface area contributed by atoms with Crippen LogP contribution in [0.4, 0.5) is 8.78 Å². The van der Waals surface area contributed by atoms with Gasteiger partial charge in [0.2, 0.25) is 0 Å². The Bertz CT molecular complexity index is 381. The summed E-state index contributed by atoms with van der Waals surface area (Å²) in [5, 5.41) is 0.651. The van der Waals surface area contributed by atoms with E-state index in [0.717, 1.165) is 25.2 Å². The Hall–Kier alpha value is -0.490. The molecular weight excluding hydrogens is 285 g/mol. The Kier molecular flexibility index (Phi) is 9.83. The maximum Gasteiger partial charge on any atom is 0.166 e. The van der Waals surface area contributed by atoms with Crippen LogP contribution in [-0.4, -0.2) is 12.3 Å². The lowest BCUT2D eigenvalue weighted by atomic mass is 10.2. The summed E-state index contributed by atoms with van der Waals surface area (Å²) in [7, 11) is -0.541. The Morgan fingerprint density at radius 3 is 1.90 bits per heavy atom. The van der Waals surface area contributed by atoms with Gasteiger partial charge in [0.1, 0.15) is 0 Å². The molecule has 0 aliphatic carbocycles. The van der Waals surface area contributed by atoms with E-state index in [4.69, 9.17) is 0 Å². The van der Waals surface area contributed by atoms with Crippen LogP contribution in [0.1, 0.15) is 65.2 Å². The number of rotatable bonds is 11. The molecule has 0 fully saturated rings. The first-order valence-corrected chi connectivity index (χ1v) is 10.1. The van der Waals surface area contributed by atoms with Crippen molar-refractivity contribution >= 4 is 13.2 Å². The van der Waals surface area contributed by atoms with Gasteiger partial charge in [0.05, 0.1) is 0 Å². The van der Waals surface area contributed by atoms with Crippen molar-refractivity contribution in [2.75, 3.05) is 12.3 Å². The summed E-state index contributed by atoms with van der Waals surface area (Å²) < 4.78 is 27.5. The molecule has 0 nitrogen and oxygen atoms in total. The molecular formula is C18H29F2P. The maximum absolute atomic E-state index is 14.0. The highest BCUT2D eigenvalue weighted by atomic mass is 31.1. The molecule has 1 aromatic carbocycles. The molecule has 0 aliphatic rings. The summed E-state index contributed by atoms with van der Waals surface area (Å²) in [6.07, 6.45) is 11.7. The highest BCUT2D eigenvalue weighted by Gasteiger charge is 2.17. The number of benzene rings is 1. The Morgan fingerprint density at radius 1 is 0.810 bits per heavy atom. The smallest absolute Gasteiger partial charge is 0.166 e. The zero-order valence-electron chi connectivity index (χ0n) is 13.5. The molecule has 1 rings (SSSR count). The van der Waals surface area contributed by atoms with Gasteiger partial charge in [0.25, 0.3) is 0 Å². The van der Waals surface area contributed by atoms with Crippen LogP contribution in [0.25, 0.3) is 0 Å². The van der Waals surface area contributed by atoms with Gasteiger partial charge < -0.3 is 0 Å². The van der Waals surface area contributed by atoms with Gasteiger partial charge in [-0.1, -0.05) is 72.4 Å². The van der Waals surface area contributed by atoms with Gasteiger partial charge in [-0.3, -0.25) is 0 Å². The van der Waals surface area contributed by atoms with E-state index >= 15 is 0 Å². The summed E-state index contributed by atoms with van der Waals surface area (Å²) in [5.41, 5.74) is 0. The molecule has 0 amide bonds. The summed E-state index contributed by atoms with van der Waals surface area (Å²) in [5.74, 6) is -1.29. The van der Waals surface area contributed by atoms with Crippen LogP contribution in [0.2, 0.25) is 0 Å². The minimum Gasteiger partial charge on any atom is -0.204 e. The van der Waals surface area contributed by atoms with E-state index in [2.05, 4.69) is 13.8 Å². The Balaban J connectivity index is 2.63. The fraction of sp³-hybridized carbons (Fsp3) is 0.667. The summed E-state index contributed by atoms with van der Waals surface area (Å²) in [6.45, 7) is 4.39. The van der Waals surface area contributed by atoms with Gasteiger partial charge in [0.15, 0.2) is 11.6 Å². The monoisotopic (exact) mass is 314 g/mol. The Morgan fingerprint density at radius 2 is 1.38 bits per heavy atom. The van der Waals surface area contributed by atoms with Crippen molar-refractivity contribution in [3.05, 3.63) is 29.8 Å². The third-order valence-corrected chi connectivity index (χ3v) is 6.57. The first kappa shape index (κ1) is 18.6. The number of halogens is 2. The molecule has 0 atom stereocenters. The quantitative estimate of drug-likeness (QED) is 0.335. The van der Waals surface area contributed by atoms with Gasteiger partial charge in [-0.05, 0) is 31.2 Å². The molecule has 0 saturated carbocycles. The molecule has 0 spiro atoms. The van der Waals surface area contributed by atoms with Crippen molar-refractivity contribution in [1.82, 2.24) is 0 Å². The van der Waals surface area contributed by atoms with Crippen molar-refractivity contribution in [1.29, 1.82) is 0 Å². The average Bonchev–Trinajstić information content (AvgIpc) is 2.49. The van der Waals surface area contributed by atoms with Crippen LogP contribution in [0, 0.1) is 11.6 Å². The Labute approximate surface area is 130 Å². The van der Waals surface area contributed by atoms with Crippen molar-refractivity contribution in [2.24, 2.45) is 0 Å². The van der Waals surface area contributed by atoms with E-state index < -0.39 is 19.6 Å². The lowest BCUT2D eigenvalue weighted by Crippen LogP contribution is -2.13. The topological polar surface area (TPSA) is 0 Å². The number of hydrogen-bond donors (Lipinski definition) is 0. The van der Waals surface area contributed by atoms with E-state index in [-0.39, 0.29) is 0 Å². The largest absolute Gasteiger partial charge is 0.204 e. The van der Waals surface area contributed by atoms with Crippen LogP contribution in [0.3, 0.4) is 0 Å². The van der Waals surface area contributed by atoms with E-state index in [9.17, 15) is 8.78 Å². The predicted octanol–water partition coefficient (Wildman–Crippen LogP) is 6.23. The van der Waals surface area contributed by atoms with E-state index in [1.807, 2.05) is 0 Å². The van der Waals surface area contributed by atoms with Crippen LogP contribution in [-0.2, 0) is 0 Å². The second kappa shape index (κ2) is 11.1. The molecule has 1 aromatic rings. The van der Waals surface area contributed by atoms with Crippen molar-refractivity contribution < 1.29 is 8.78 Å². The molecule has 0 aliphatic heterocycles. The molecule has 0 aromatic heterocycles. The molecule has 21 heavy (non-hydrogen) atoms. The molecule has 0 bridgehead atoms. The molecule has 0 radical (unpaired) electrons. The maximum atomic E-state index is 14.0. The lowest BCUT2D eigenvalue weighted by Gasteiger charge is -2.19. The van der Waals surface area contributed by atoms with Gasteiger partial charge in [0, 0.05) is 5.30 Å². The summed E-state index contributed by atoms with van der Waals surface area (Å²) in [4.78, 5) is 0. The fourth-order valence-electron chi connectivity index (χ4n) is 2.55. The van der Waals surface area contributed by atoms with Gasteiger partial charge >= 0.3 is 0 Å². The number of unbranched alkanes of at least 4 members (excludes halogenated alkanes) is 6. The molecule has 120 valence electrons. The molecule has 0 saturated heterocycles. The zero-order chi connectivity index (χ0) is 15.5. The zero-order valence-corrected chi connectivity index (χ0v) is 14.4. The van der Waals surface area contributed by atoms with Crippen LogP contribution < -0.4 is 5.30 Å². The van der Waals surface area contributed by atoms with Crippen molar-refractivity contribution in [3.8, 4) is 0 Å². The highest BCUT2D eigenvalue weighted by molar-refractivity contribution is 7.65. The van der Waals surface area contributed by atoms with E-state index in [1.54, 1.807) is 12.1 Å². The minimum absolute atomic E-state index is 0.541. The molecule has 0 N–H and O–H groups in total. The van der Waals surface area contributed by atoms with Crippen LogP contribution in [0.15, 0.2) is 18.2 Å². The van der Waals surface area contributed by atoms with Gasteiger partial charge in [-0.2, -0.15) is 0 Å². The normalized spacial score (nSPS) is 11.3. The predicted molar refractivity (Wildman–Crippen MR) is 90.9 cm³/mol. The number of hydrogen-bond acceptors (Lipinski definition) is 0. The summed E-state index contributed by atoms with van der Waals surface area (Å²) >= 11 is 0. The highest BCUT2D eigenvalue weighted by Crippen LogP contribution is 2.38. The third kappa shape index (κ3) is 6.87. The van der Waals surface area contributed by atoms with Crippen LogP contribution in [0.5, 0.6) is 0 Å². The van der Waals surface area contributed by atoms with Crippen molar-refractivity contribution in [2.45, 2.75) is 65.2 Å². The van der Waals surface area contributed by atoms with E-state index in [1.165, 1.54) is 44.6 Å². The molecule has 0 heterocycles. The lowest BCUT2D eigenvalue weighted by molar-refractivity contribution is 0.514. The third-order valence-electron chi connectivity index (χ3n) is 3.84. The standard InChI is InChI=1S/C18H29F2P/c1-3-5-7-9-14-21(15-10-8-6-4-2)17-13-11-12-16(19)18(17)20/h11-13H,3-10,14-15H2,1-2H3. The SMILES string of the molecule is CCCCCCP(CCCCCC)c1cccc(F)c1F. The van der Waals surface area contributed by atoms with Crippen molar-refractivity contribution in [3.63, 3.8) is 0 Å². The fourth-order valence-corrected chi connectivity index (χ4v) is 5.15. The molecule has 0 unspecified atom stereocenters.